The van der Waals surface area contributed by atoms with Crippen LogP contribution in [0, 0.1) is 0 Å². The van der Waals surface area contributed by atoms with E-state index in [0.717, 1.165) is 4.88 Å². The van der Waals surface area contributed by atoms with E-state index in [2.05, 4.69) is 10.6 Å². The van der Waals surface area contributed by atoms with Gasteiger partial charge in [-0.15, -0.1) is 11.3 Å². The molecule has 0 bridgehead atoms. The number of nitrogens with one attached hydrogen (secondary N) is 2. The number of ether oxygens (including phenoxy) is 2. The van der Waals surface area contributed by atoms with Gasteiger partial charge in [0, 0.05) is 10.9 Å². The Hall–Kier alpha value is -2.74. The standard InChI is InChI=1S/C18H23N3O4S/c1-3-24-12-7-8-15(25-4-2)13(10-12)20-17(22)11-14(21-18(19)23)16-6-5-9-26-16/h5-10,14H,3-4,11H2,1-2H3,(H,20,22)(H3,19,21,23). The summed E-state index contributed by atoms with van der Waals surface area (Å²) in [5.41, 5.74) is 5.75. The van der Waals surface area contributed by atoms with Gasteiger partial charge in [0.1, 0.15) is 11.5 Å². The van der Waals surface area contributed by atoms with E-state index in [1.165, 1.54) is 11.3 Å². The summed E-state index contributed by atoms with van der Waals surface area (Å²) in [5.74, 6) is 0.919. The number of amides is 3. The van der Waals surface area contributed by atoms with E-state index in [0.29, 0.717) is 30.4 Å². The lowest BCUT2D eigenvalue weighted by Crippen LogP contribution is -2.34. The zero-order valence-corrected chi connectivity index (χ0v) is 15.6. The van der Waals surface area contributed by atoms with E-state index in [1.54, 1.807) is 18.2 Å². The molecule has 7 nitrogen and oxygen atoms in total. The first kappa shape index (κ1) is 19.6. The number of thiophene rings is 1. The molecule has 0 aliphatic heterocycles. The number of urea groups is 1. The van der Waals surface area contributed by atoms with Crippen molar-refractivity contribution in [3.05, 3.63) is 40.6 Å². The fraction of sp³-hybridized carbons (Fsp3) is 0.333. The van der Waals surface area contributed by atoms with Gasteiger partial charge in [-0.25, -0.2) is 4.79 Å². The van der Waals surface area contributed by atoms with E-state index in [9.17, 15) is 9.59 Å². The fourth-order valence-electron chi connectivity index (χ4n) is 2.42. The van der Waals surface area contributed by atoms with Crippen LogP contribution in [0.3, 0.4) is 0 Å². The van der Waals surface area contributed by atoms with Crippen molar-refractivity contribution in [3.8, 4) is 11.5 Å². The molecule has 0 spiro atoms. The van der Waals surface area contributed by atoms with Gasteiger partial charge in [-0.1, -0.05) is 6.07 Å². The second-order valence-corrected chi connectivity index (χ2v) is 6.33. The number of nitrogens with two attached hydrogens (primary N) is 1. The molecule has 1 atom stereocenters. The Bertz CT molecular complexity index is 734. The van der Waals surface area contributed by atoms with Gasteiger partial charge in [-0.2, -0.15) is 0 Å². The summed E-state index contributed by atoms with van der Waals surface area (Å²) in [6.45, 7) is 4.74. The Kier molecular flexibility index (Phi) is 7.28. The minimum Gasteiger partial charge on any atom is -0.494 e. The monoisotopic (exact) mass is 377 g/mol. The molecule has 1 heterocycles. The van der Waals surface area contributed by atoms with Crippen molar-refractivity contribution < 1.29 is 19.1 Å². The second-order valence-electron chi connectivity index (χ2n) is 5.35. The van der Waals surface area contributed by atoms with Gasteiger partial charge in [-0.3, -0.25) is 4.79 Å². The van der Waals surface area contributed by atoms with Crippen molar-refractivity contribution in [2.45, 2.75) is 26.3 Å². The fourth-order valence-corrected chi connectivity index (χ4v) is 3.19. The van der Waals surface area contributed by atoms with Crippen molar-refractivity contribution in [3.63, 3.8) is 0 Å². The van der Waals surface area contributed by atoms with Crippen LogP contribution in [0.2, 0.25) is 0 Å². The Morgan fingerprint density at radius 2 is 1.96 bits per heavy atom. The summed E-state index contributed by atoms with van der Waals surface area (Å²) in [6.07, 6.45) is 0.0495. The third-order valence-corrected chi connectivity index (χ3v) is 4.41. The van der Waals surface area contributed by atoms with Crippen LogP contribution in [0.4, 0.5) is 10.5 Å². The molecule has 1 aromatic carbocycles. The largest absolute Gasteiger partial charge is 0.494 e. The Morgan fingerprint density at radius 1 is 1.19 bits per heavy atom. The van der Waals surface area contributed by atoms with Crippen LogP contribution in [-0.4, -0.2) is 25.2 Å². The predicted octanol–water partition coefficient (Wildman–Crippen LogP) is 3.28. The summed E-state index contributed by atoms with van der Waals surface area (Å²) < 4.78 is 11.0. The molecule has 3 amide bonds. The molecule has 1 unspecified atom stereocenters. The highest BCUT2D eigenvalue weighted by atomic mass is 32.1. The molecule has 26 heavy (non-hydrogen) atoms. The number of carbonyl (C=O) groups is 2. The van der Waals surface area contributed by atoms with Crippen LogP contribution in [0.5, 0.6) is 11.5 Å². The van der Waals surface area contributed by atoms with Crippen molar-refractivity contribution in [2.24, 2.45) is 5.73 Å². The first-order chi connectivity index (χ1) is 12.5. The van der Waals surface area contributed by atoms with E-state index in [4.69, 9.17) is 15.2 Å². The zero-order chi connectivity index (χ0) is 18.9. The van der Waals surface area contributed by atoms with Gasteiger partial charge < -0.3 is 25.8 Å². The summed E-state index contributed by atoms with van der Waals surface area (Å²) >= 11 is 1.45. The predicted molar refractivity (Wildman–Crippen MR) is 102 cm³/mol. The number of primary amides is 1. The zero-order valence-electron chi connectivity index (χ0n) is 14.8. The van der Waals surface area contributed by atoms with Crippen LogP contribution in [0.1, 0.15) is 31.2 Å². The van der Waals surface area contributed by atoms with Gasteiger partial charge in [0.15, 0.2) is 0 Å². The molecule has 140 valence electrons. The lowest BCUT2D eigenvalue weighted by atomic mass is 10.1. The van der Waals surface area contributed by atoms with Crippen LogP contribution in [0.15, 0.2) is 35.7 Å². The molecule has 4 N–H and O–H groups in total. The average molecular weight is 377 g/mol. The van der Waals surface area contributed by atoms with Gasteiger partial charge in [0.25, 0.3) is 0 Å². The Labute approximate surface area is 156 Å². The molecular weight excluding hydrogens is 354 g/mol. The average Bonchev–Trinajstić information content (AvgIpc) is 3.11. The van der Waals surface area contributed by atoms with Gasteiger partial charge in [0.2, 0.25) is 5.91 Å². The van der Waals surface area contributed by atoms with E-state index in [1.807, 2.05) is 31.4 Å². The molecule has 2 aromatic rings. The quantitative estimate of drug-likeness (QED) is 0.624. The summed E-state index contributed by atoms with van der Waals surface area (Å²) in [7, 11) is 0. The summed E-state index contributed by atoms with van der Waals surface area (Å²) in [5, 5.41) is 7.31. The van der Waals surface area contributed by atoms with Crippen LogP contribution < -0.4 is 25.8 Å². The second kappa shape index (κ2) is 9.67. The first-order valence-corrected chi connectivity index (χ1v) is 9.20. The molecule has 0 saturated carbocycles. The maximum Gasteiger partial charge on any atom is 0.312 e. The van der Waals surface area contributed by atoms with Crippen LogP contribution >= 0.6 is 11.3 Å². The molecule has 8 heteroatoms. The van der Waals surface area contributed by atoms with Crippen LogP contribution in [-0.2, 0) is 4.79 Å². The molecule has 0 aliphatic carbocycles. The summed E-state index contributed by atoms with van der Waals surface area (Å²) in [6, 6.07) is 7.79. The van der Waals surface area contributed by atoms with Crippen molar-refractivity contribution in [1.82, 2.24) is 5.32 Å². The maximum atomic E-state index is 12.5. The highest BCUT2D eigenvalue weighted by Crippen LogP contribution is 2.30. The van der Waals surface area contributed by atoms with Crippen molar-refractivity contribution in [1.29, 1.82) is 0 Å². The SMILES string of the molecule is CCOc1ccc(OCC)c(NC(=O)CC(NC(N)=O)c2cccs2)c1. The minimum absolute atomic E-state index is 0.0495. The highest BCUT2D eigenvalue weighted by Gasteiger charge is 2.19. The summed E-state index contributed by atoms with van der Waals surface area (Å²) in [4.78, 5) is 24.6. The third kappa shape index (κ3) is 5.66. The topological polar surface area (TPSA) is 103 Å². The third-order valence-electron chi connectivity index (χ3n) is 3.43. The molecule has 1 aromatic heterocycles. The lowest BCUT2D eigenvalue weighted by molar-refractivity contribution is -0.116. The molecule has 0 saturated heterocycles. The Morgan fingerprint density at radius 3 is 2.58 bits per heavy atom. The molecule has 2 rings (SSSR count). The lowest BCUT2D eigenvalue weighted by Gasteiger charge is -2.17. The molecule has 0 radical (unpaired) electrons. The van der Waals surface area contributed by atoms with Gasteiger partial charge >= 0.3 is 6.03 Å². The molecular formula is C18H23N3O4S. The number of benzene rings is 1. The molecule has 0 aliphatic rings. The maximum absolute atomic E-state index is 12.5. The number of anilines is 1. The number of hydrogen-bond donors (Lipinski definition) is 3. The van der Waals surface area contributed by atoms with E-state index < -0.39 is 12.1 Å². The highest BCUT2D eigenvalue weighted by molar-refractivity contribution is 7.10. The Balaban J connectivity index is 2.14. The number of hydrogen-bond acceptors (Lipinski definition) is 5. The first-order valence-electron chi connectivity index (χ1n) is 8.32. The smallest absolute Gasteiger partial charge is 0.312 e. The normalized spacial score (nSPS) is 11.5. The van der Waals surface area contributed by atoms with Crippen molar-refractivity contribution in [2.75, 3.05) is 18.5 Å². The number of carbonyl (C=O) groups excluding carboxylic acids is 2. The molecule has 0 fully saturated rings. The van der Waals surface area contributed by atoms with E-state index >= 15 is 0 Å². The van der Waals surface area contributed by atoms with Gasteiger partial charge in [0.05, 0.1) is 31.4 Å². The van der Waals surface area contributed by atoms with Crippen molar-refractivity contribution >= 4 is 29.0 Å². The van der Waals surface area contributed by atoms with Crippen LogP contribution in [0.25, 0.3) is 0 Å². The van der Waals surface area contributed by atoms with E-state index in [-0.39, 0.29) is 12.3 Å². The number of rotatable bonds is 9. The van der Waals surface area contributed by atoms with Gasteiger partial charge in [-0.05, 0) is 37.4 Å². The minimum atomic E-state index is -0.676.